The Kier molecular flexibility index (Phi) is 8.57. The van der Waals surface area contributed by atoms with Crippen LogP contribution in [0.5, 0.6) is 5.75 Å². The molecule has 0 aliphatic rings. The Bertz CT molecular complexity index is 1090. The van der Waals surface area contributed by atoms with Gasteiger partial charge in [-0.1, -0.05) is 26.8 Å². The first kappa shape index (κ1) is 26.7. The minimum absolute atomic E-state index is 0.260. The van der Waals surface area contributed by atoms with E-state index >= 15 is 0 Å². The second-order valence-corrected chi connectivity index (χ2v) is 11.0. The molecule has 2 aromatic carbocycles. The van der Waals surface area contributed by atoms with Crippen LogP contribution in [0.3, 0.4) is 0 Å². The van der Waals surface area contributed by atoms with Crippen molar-refractivity contribution < 1.29 is 17.9 Å². The number of benzene rings is 2. The zero-order valence-corrected chi connectivity index (χ0v) is 22.1. The summed E-state index contributed by atoms with van der Waals surface area (Å²) in [6.07, 6.45) is 1.49. The van der Waals surface area contributed by atoms with Crippen molar-refractivity contribution in [3.63, 3.8) is 0 Å². The van der Waals surface area contributed by atoms with Crippen molar-refractivity contribution in [1.29, 1.82) is 0 Å². The number of hydrogen-bond donors (Lipinski definition) is 1. The van der Waals surface area contributed by atoms with Gasteiger partial charge in [-0.3, -0.25) is 9.10 Å². The normalized spacial score (nSPS) is 13.5. The second kappa shape index (κ2) is 10.6. The molecule has 0 saturated heterocycles. The van der Waals surface area contributed by atoms with Gasteiger partial charge in [0.15, 0.2) is 0 Å². The van der Waals surface area contributed by atoms with Crippen molar-refractivity contribution in [2.75, 3.05) is 17.7 Å². The molecule has 6 nitrogen and oxygen atoms in total. The van der Waals surface area contributed by atoms with Gasteiger partial charge >= 0.3 is 0 Å². The van der Waals surface area contributed by atoms with Gasteiger partial charge in [0.05, 0.1) is 25.1 Å². The zero-order chi connectivity index (χ0) is 25.1. The van der Waals surface area contributed by atoms with E-state index in [0.29, 0.717) is 12.1 Å². The lowest BCUT2D eigenvalue weighted by Crippen LogP contribution is -2.49. The minimum Gasteiger partial charge on any atom is -0.496 e. The van der Waals surface area contributed by atoms with Crippen LogP contribution in [0.1, 0.15) is 73.9 Å². The molecule has 2 atom stereocenters. The average Bonchev–Trinajstić information content (AvgIpc) is 2.69. The van der Waals surface area contributed by atoms with Crippen molar-refractivity contribution in [2.45, 2.75) is 72.9 Å². The highest BCUT2D eigenvalue weighted by Crippen LogP contribution is 2.32. The number of carbonyl (C=O) groups excluding carboxylic acids is 1. The van der Waals surface area contributed by atoms with E-state index in [1.807, 2.05) is 46.8 Å². The molecule has 0 bridgehead atoms. The molecule has 0 saturated carbocycles. The maximum absolute atomic E-state index is 13.4. The van der Waals surface area contributed by atoms with Crippen LogP contribution in [0, 0.1) is 20.8 Å². The smallest absolute Gasteiger partial charge is 0.244 e. The molecule has 0 fully saturated rings. The summed E-state index contributed by atoms with van der Waals surface area (Å²) in [5.74, 6) is 0.765. The fraction of sp³-hybridized carbons (Fsp3) is 0.500. The molecule has 0 aromatic heterocycles. The van der Waals surface area contributed by atoms with E-state index in [1.165, 1.54) is 4.31 Å². The molecular weight excluding hydrogens is 436 g/mol. The molecule has 0 unspecified atom stereocenters. The minimum atomic E-state index is -3.69. The van der Waals surface area contributed by atoms with E-state index in [4.69, 9.17) is 4.74 Å². The number of aryl methyl sites for hydroxylation is 3. The number of nitrogens with one attached hydrogen (secondary N) is 1. The molecule has 1 amide bonds. The maximum atomic E-state index is 13.4. The number of ether oxygens (including phenoxy) is 1. The molecule has 1 N–H and O–H groups in total. The van der Waals surface area contributed by atoms with Gasteiger partial charge < -0.3 is 10.1 Å². The van der Waals surface area contributed by atoms with Crippen molar-refractivity contribution in [3.8, 4) is 5.75 Å². The van der Waals surface area contributed by atoms with Gasteiger partial charge in [0, 0.05) is 0 Å². The number of rotatable bonds is 9. The molecular formula is C26H38N2O4S. The van der Waals surface area contributed by atoms with Gasteiger partial charge in [-0.05, 0) is 92.1 Å². The van der Waals surface area contributed by atoms with Crippen LogP contribution in [0.25, 0.3) is 0 Å². The number of anilines is 1. The van der Waals surface area contributed by atoms with Crippen LogP contribution in [-0.2, 0) is 14.8 Å². The third-order valence-corrected chi connectivity index (χ3v) is 7.04. The fourth-order valence-electron chi connectivity index (χ4n) is 4.34. The van der Waals surface area contributed by atoms with Crippen LogP contribution < -0.4 is 14.4 Å². The highest BCUT2D eigenvalue weighted by atomic mass is 32.2. The van der Waals surface area contributed by atoms with Crippen molar-refractivity contribution in [3.05, 3.63) is 58.1 Å². The number of nitrogens with zero attached hydrogens (tertiary/aromatic N) is 1. The summed E-state index contributed by atoms with van der Waals surface area (Å²) in [7, 11) is -2.03. The van der Waals surface area contributed by atoms with E-state index in [0.717, 1.165) is 39.8 Å². The summed E-state index contributed by atoms with van der Waals surface area (Å²) in [5.41, 5.74) is 5.45. The van der Waals surface area contributed by atoms with Gasteiger partial charge in [-0.15, -0.1) is 0 Å². The van der Waals surface area contributed by atoms with Crippen LogP contribution in [0.2, 0.25) is 0 Å². The first-order valence-corrected chi connectivity index (χ1v) is 13.2. The Balaban J connectivity index is 2.42. The third-order valence-electron chi connectivity index (χ3n) is 5.86. The van der Waals surface area contributed by atoms with Crippen LogP contribution in [0.15, 0.2) is 30.3 Å². The predicted octanol–water partition coefficient (Wildman–Crippen LogP) is 5.17. The van der Waals surface area contributed by atoms with Gasteiger partial charge in [0.25, 0.3) is 0 Å². The number of sulfonamides is 1. The average molecular weight is 475 g/mol. The standard InChI is InChI=1S/C26H38N2O4S/c1-10-24(28(33(9,30)31)21-12-17(4)11-18(5)13-21)26(29)27-20(7)23-15-22(16(2)3)25(32-8)14-19(23)6/h11-16,20,24H,10H2,1-9H3,(H,27,29)/t20-,24-/m0/s1. The predicted molar refractivity (Wildman–Crippen MR) is 136 cm³/mol. The number of methoxy groups -OCH3 is 1. The Morgan fingerprint density at radius 1 is 1.00 bits per heavy atom. The molecule has 7 heteroatoms. The summed E-state index contributed by atoms with van der Waals surface area (Å²) < 4.78 is 32.4. The summed E-state index contributed by atoms with van der Waals surface area (Å²) in [6, 6.07) is 8.49. The topological polar surface area (TPSA) is 75.7 Å². The fourth-order valence-corrected chi connectivity index (χ4v) is 5.53. The molecule has 33 heavy (non-hydrogen) atoms. The Labute approximate surface area is 199 Å². The zero-order valence-electron chi connectivity index (χ0n) is 21.3. The second-order valence-electron chi connectivity index (χ2n) is 9.16. The number of hydrogen-bond acceptors (Lipinski definition) is 4. The van der Waals surface area contributed by atoms with Crippen LogP contribution >= 0.6 is 0 Å². The number of amides is 1. The molecule has 2 rings (SSSR count). The van der Waals surface area contributed by atoms with Crippen molar-refractivity contribution >= 4 is 21.6 Å². The molecule has 0 radical (unpaired) electrons. The lowest BCUT2D eigenvalue weighted by Gasteiger charge is -2.32. The van der Waals surface area contributed by atoms with Crippen LogP contribution in [0.4, 0.5) is 5.69 Å². The monoisotopic (exact) mass is 474 g/mol. The first-order valence-electron chi connectivity index (χ1n) is 11.4. The Morgan fingerprint density at radius 2 is 1.58 bits per heavy atom. The van der Waals surface area contributed by atoms with E-state index in [1.54, 1.807) is 19.2 Å². The summed E-state index contributed by atoms with van der Waals surface area (Å²) in [5, 5.41) is 3.06. The molecule has 0 heterocycles. The summed E-state index contributed by atoms with van der Waals surface area (Å²) in [6.45, 7) is 13.8. The molecule has 182 valence electrons. The molecule has 2 aromatic rings. The van der Waals surface area contributed by atoms with E-state index in [9.17, 15) is 13.2 Å². The summed E-state index contributed by atoms with van der Waals surface area (Å²) in [4.78, 5) is 13.4. The Morgan fingerprint density at radius 3 is 2.03 bits per heavy atom. The van der Waals surface area contributed by atoms with Crippen molar-refractivity contribution in [1.82, 2.24) is 5.32 Å². The molecule has 0 aliphatic carbocycles. The highest BCUT2D eigenvalue weighted by molar-refractivity contribution is 7.92. The summed E-state index contributed by atoms with van der Waals surface area (Å²) >= 11 is 0. The van der Waals surface area contributed by atoms with Crippen molar-refractivity contribution in [2.24, 2.45) is 0 Å². The highest BCUT2D eigenvalue weighted by Gasteiger charge is 2.32. The van der Waals surface area contributed by atoms with E-state index in [2.05, 4.69) is 25.2 Å². The molecule has 0 spiro atoms. The lowest BCUT2D eigenvalue weighted by atomic mass is 9.93. The van der Waals surface area contributed by atoms with Crippen LogP contribution in [-0.4, -0.2) is 33.7 Å². The maximum Gasteiger partial charge on any atom is 0.244 e. The van der Waals surface area contributed by atoms with Gasteiger partial charge in [0.1, 0.15) is 11.8 Å². The van der Waals surface area contributed by atoms with E-state index < -0.39 is 16.1 Å². The quantitative estimate of drug-likeness (QED) is 0.544. The van der Waals surface area contributed by atoms with E-state index in [-0.39, 0.29) is 17.9 Å². The van der Waals surface area contributed by atoms with Gasteiger partial charge in [-0.2, -0.15) is 0 Å². The Hall–Kier alpha value is -2.54. The first-order chi connectivity index (χ1) is 15.3. The SMILES string of the molecule is CC[C@@H](C(=O)N[C@@H](C)c1cc(C(C)C)c(OC)cc1C)N(c1cc(C)cc(C)c1)S(C)(=O)=O. The van der Waals surface area contributed by atoms with Gasteiger partial charge in [-0.25, -0.2) is 8.42 Å². The van der Waals surface area contributed by atoms with Gasteiger partial charge in [0.2, 0.25) is 15.9 Å². The third kappa shape index (κ3) is 6.28. The molecule has 0 aliphatic heterocycles. The largest absolute Gasteiger partial charge is 0.496 e. The lowest BCUT2D eigenvalue weighted by molar-refractivity contribution is -0.122. The number of carbonyl (C=O) groups is 1.